The maximum absolute atomic E-state index is 10.2. The number of nitrogens with two attached hydrogens (primary N) is 1. The van der Waals surface area contributed by atoms with Gasteiger partial charge < -0.3 is 15.3 Å². The third-order valence-electron chi connectivity index (χ3n) is 3.10. The van der Waals surface area contributed by atoms with E-state index in [0.717, 1.165) is 11.3 Å². The van der Waals surface area contributed by atoms with Gasteiger partial charge in [0.05, 0.1) is 12.4 Å². The Bertz CT molecular complexity index is 442. The minimum Gasteiger partial charge on any atom is -0.469 e. The number of aliphatic hydroxyl groups is 1. The van der Waals surface area contributed by atoms with E-state index in [1.165, 1.54) is 0 Å². The lowest BCUT2D eigenvalue weighted by atomic mass is 9.92. The first-order valence-electron chi connectivity index (χ1n) is 6.11. The predicted octanol–water partition coefficient (Wildman–Crippen LogP) is 1.71. The molecular weight excluding hydrogens is 228 g/mol. The van der Waals surface area contributed by atoms with Gasteiger partial charge in [0.1, 0.15) is 5.76 Å². The molecule has 4 heteroatoms. The van der Waals surface area contributed by atoms with Gasteiger partial charge in [-0.1, -0.05) is 6.07 Å². The molecule has 2 atom stereocenters. The zero-order valence-corrected chi connectivity index (χ0v) is 10.2. The van der Waals surface area contributed by atoms with E-state index >= 15 is 0 Å². The molecule has 0 spiro atoms. The van der Waals surface area contributed by atoms with Crippen LogP contribution in [0.2, 0.25) is 0 Å². The molecular formula is C14H18N2O2. The van der Waals surface area contributed by atoms with Crippen LogP contribution in [-0.2, 0) is 6.42 Å². The molecule has 2 aromatic rings. The molecule has 0 radical (unpaired) electrons. The molecule has 4 nitrogen and oxygen atoms in total. The van der Waals surface area contributed by atoms with Gasteiger partial charge in [-0.05, 0) is 30.2 Å². The van der Waals surface area contributed by atoms with Crippen LogP contribution in [0.5, 0.6) is 0 Å². The number of rotatable bonds is 6. The molecule has 3 N–H and O–H groups in total. The third-order valence-corrected chi connectivity index (χ3v) is 3.10. The number of aromatic nitrogens is 1. The Balaban J connectivity index is 1.95. The average molecular weight is 246 g/mol. The molecule has 0 saturated carbocycles. The Morgan fingerprint density at radius 2 is 2.22 bits per heavy atom. The lowest BCUT2D eigenvalue weighted by Crippen LogP contribution is -2.26. The normalized spacial score (nSPS) is 14.3. The zero-order valence-electron chi connectivity index (χ0n) is 10.2. The number of furan rings is 1. The fraction of sp³-hybridized carbons (Fsp3) is 0.357. The van der Waals surface area contributed by atoms with Crippen molar-refractivity contribution in [3.63, 3.8) is 0 Å². The second kappa shape index (κ2) is 6.33. The summed E-state index contributed by atoms with van der Waals surface area (Å²) in [4.78, 5) is 4.06. The minimum absolute atomic E-state index is 0.0753. The fourth-order valence-electron chi connectivity index (χ4n) is 2.06. The molecule has 0 aromatic carbocycles. The minimum atomic E-state index is -0.482. The van der Waals surface area contributed by atoms with Crippen molar-refractivity contribution in [2.45, 2.75) is 24.9 Å². The smallest absolute Gasteiger partial charge is 0.103 e. The second-order valence-corrected chi connectivity index (χ2v) is 4.31. The van der Waals surface area contributed by atoms with E-state index in [-0.39, 0.29) is 5.92 Å². The van der Waals surface area contributed by atoms with E-state index < -0.39 is 6.10 Å². The molecule has 2 rings (SSSR count). The van der Waals surface area contributed by atoms with Gasteiger partial charge in [-0.25, -0.2) is 0 Å². The van der Waals surface area contributed by atoms with Crippen LogP contribution < -0.4 is 5.73 Å². The first kappa shape index (κ1) is 12.8. The molecule has 0 bridgehead atoms. The molecule has 96 valence electrons. The summed E-state index contributed by atoms with van der Waals surface area (Å²) in [7, 11) is 0. The summed E-state index contributed by atoms with van der Waals surface area (Å²) in [6.45, 7) is 0.408. The Morgan fingerprint density at radius 3 is 2.83 bits per heavy atom. The molecule has 2 unspecified atom stereocenters. The highest BCUT2D eigenvalue weighted by molar-refractivity contribution is 5.16. The standard InChI is InChI=1S/C14H18N2O2/c15-9-13(11-3-1-7-16-10-11)14(17)6-5-12-4-2-8-18-12/h1-4,7-8,10,13-14,17H,5-6,9,15H2. The van der Waals surface area contributed by atoms with Crippen LogP contribution in [0.3, 0.4) is 0 Å². The van der Waals surface area contributed by atoms with E-state index in [0.29, 0.717) is 19.4 Å². The summed E-state index contributed by atoms with van der Waals surface area (Å²) in [5, 5.41) is 10.2. The highest BCUT2D eigenvalue weighted by Crippen LogP contribution is 2.21. The lowest BCUT2D eigenvalue weighted by molar-refractivity contribution is 0.134. The third kappa shape index (κ3) is 3.18. The molecule has 0 aliphatic rings. The largest absolute Gasteiger partial charge is 0.469 e. The van der Waals surface area contributed by atoms with E-state index in [2.05, 4.69) is 4.98 Å². The number of aryl methyl sites for hydroxylation is 1. The molecule has 0 fully saturated rings. The van der Waals surface area contributed by atoms with Crippen molar-refractivity contribution in [2.24, 2.45) is 5.73 Å². The van der Waals surface area contributed by atoms with Crippen LogP contribution in [0.4, 0.5) is 0 Å². The fourth-order valence-corrected chi connectivity index (χ4v) is 2.06. The van der Waals surface area contributed by atoms with E-state index in [4.69, 9.17) is 10.2 Å². The first-order valence-corrected chi connectivity index (χ1v) is 6.11. The molecule has 2 aromatic heterocycles. The lowest BCUT2D eigenvalue weighted by Gasteiger charge is -2.21. The van der Waals surface area contributed by atoms with Gasteiger partial charge in [0.15, 0.2) is 0 Å². The summed E-state index contributed by atoms with van der Waals surface area (Å²) in [6.07, 6.45) is 5.97. The van der Waals surface area contributed by atoms with Crippen molar-refractivity contribution >= 4 is 0 Å². The summed E-state index contributed by atoms with van der Waals surface area (Å²) in [5.74, 6) is 0.810. The maximum Gasteiger partial charge on any atom is 0.103 e. The molecule has 0 aliphatic heterocycles. The van der Waals surface area contributed by atoms with Gasteiger partial charge in [-0.3, -0.25) is 4.98 Å². The molecule has 0 saturated heterocycles. The summed E-state index contributed by atoms with van der Waals surface area (Å²) in [5.41, 5.74) is 6.72. The van der Waals surface area contributed by atoms with Gasteiger partial charge in [0.2, 0.25) is 0 Å². The van der Waals surface area contributed by atoms with Gasteiger partial charge >= 0.3 is 0 Å². The number of hydrogen-bond donors (Lipinski definition) is 2. The predicted molar refractivity (Wildman–Crippen MR) is 69.1 cm³/mol. The van der Waals surface area contributed by atoms with Crippen molar-refractivity contribution < 1.29 is 9.52 Å². The molecule has 18 heavy (non-hydrogen) atoms. The van der Waals surface area contributed by atoms with Crippen LogP contribution in [-0.4, -0.2) is 22.7 Å². The van der Waals surface area contributed by atoms with Gasteiger partial charge in [-0.15, -0.1) is 0 Å². The van der Waals surface area contributed by atoms with Crippen molar-refractivity contribution in [2.75, 3.05) is 6.54 Å². The topological polar surface area (TPSA) is 72.3 Å². The Labute approximate surface area is 106 Å². The van der Waals surface area contributed by atoms with Crippen LogP contribution in [0.15, 0.2) is 47.3 Å². The van der Waals surface area contributed by atoms with Gasteiger partial charge in [0.25, 0.3) is 0 Å². The SMILES string of the molecule is NCC(c1cccnc1)C(O)CCc1ccco1. The first-order chi connectivity index (χ1) is 8.81. The number of hydrogen-bond acceptors (Lipinski definition) is 4. The average Bonchev–Trinajstić information content (AvgIpc) is 2.92. The van der Waals surface area contributed by atoms with E-state index in [9.17, 15) is 5.11 Å². The highest BCUT2D eigenvalue weighted by Gasteiger charge is 2.20. The van der Waals surface area contributed by atoms with Crippen LogP contribution in [0.25, 0.3) is 0 Å². The summed E-state index contributed by atoms with van der Waals surface area (Å²) in [6, 6.07) is 7.56. The Hall–Kier alpha value is -1.65. The zero-order chi connectivity index (χ0) is 12.8. The van der Waals surface area contributed by atoms with E-state index in [1.807, 2.05) is 24.3 Å². The Morgan fingerprint density at radius 1 is 1.33 bits per heavy atom. The monoisotopic (exact) mass is 246 g/mol. The van der Waals surface area contributed by atoms with Crippen LogP contribution in [0, 0.1) is 0 Å². The van der Waals surface area contributed by atoms with Crippen molar-refractivity contribution in [3.05, 3.63) is 54.2 Å². The molecule has 0 aliphatic carbocycles. The van der Waals surface area contributed by atoms with E-state index in [1.54, 1.807) is 18.7 Å². The van der Waals surface area contributed by atoms with Gasteiger partial charge in [-0.2, -0.15) is 0 Å². The van der Waals surface area contributed by atoms with Crippen molar-refractivity contribution in [1.82, 2.24) is 4.98 Å². The molecule has 0 amide bonds. The summed E-state index contributed by atoms with van der Waals surface area (Å²) >= 11 is 0. The number of nitrogens with zero attached hydrogens (tertiary/aromatic N) is 1. The Kier molecular flexibility index (Phi) is 4.50. The quantitative estimate of drug-likeness (QED) is 0.814. The maximum atomic E-state index is 10.2. The molecule has 2 heterocycles. The number of aliphatic hydroxyl groups excluding tert-OH is 1. The summed E-state index contributed by atoms with van der Waals surface area (Å²) < 4.78 is 5.25. The van der Waals surface area contributed by atoms with Crippen LogP contribution in [0.1, 0.15) is 23.7 Å². The van der Waals surface area contributed by atoms with Gasteiger partial charge in [0, 0.05) is 31.3 Å². The second-order valence-electron chi connectivity index (χ2n) is 4.31. The van der Waals surface area contributed by atoms with Crippen molar-refractivity contribution in [1.29, 1.82) is 0 Å². The van der Waals surface area contributed by atoms with Crippen LogP contribution >= 0.6 is 0 Å². The number of pyridine rings is 1. The highest BCUT2D eigenvalue weighted by atomic mass is 16.3. The van der Waals surface area contributed by atoms with Crippen molar-refractivity contribution in [3.8, 4) is 0 Å².